The van der Waals surface area contributed by atoms with Crippen molar-refractivity contribution in [2.75, 3.05) is 13.3 Å². The SMILES string of the molecule is CC(C)[C@H]1COCN1Cc1cc(-c2ccccc2)ccc1O. The lowest BCUT2D eigenvalue weighted by molar-refractivity contribution is 0.130. The molecule has 0 bridgehead atoms. The Labute approximate surface area is 132 Å². The summed E-state index contributed by atoms with van der Waals surface area (Å²) in [6, 6.07) is 16.5. The third kappa shape index (κ3) is 3.16. The van der Waals surface area contributed by atoms with Crippen molar-refractivity contribution < 1.29 is 9.84 Å². The van der Waals surface area contributed by atoms with Crippen LogP contribution in [0.4, 0.5) is 0 Å². The molecule has 1 aliphatic rings. The third-order valence-electron chi connectivity index (χ3n) is 4.34. The molecule has 0 amide bonds. The van der Waals surface area contributed by atoms with Gasteiger partial charge < -0.3 is 9.84 Å². The fourth-order valence-electron chi connectivity index (χ4n) is 3.01. The molecule has 1 heterocycles. The number of hydrogen-bond acceptors (Lipinski definition) is 3. The Bertz CT molecular complexity index is 625. The van der Waals surface area contributed by atoms with Crippen LogP contribution in [0.15, 0.2) is 48.5 Å². The minimum absolute atomic E-state index is 0.356. The van der Waals surface area contributed by atoms with Crippen LogP contribution in [0.3, 0.4) is 0 Å². The second kappa shape index (κ2) is 6.51. The number of nitrogens with zero attached hydrogens (tertiary/aromatic N) is 1. The molecule has 116 valence electrons. The molecule has 0 spiro atoms. The molecule has 22 heavy (non-hydrogen) atoms. The summed E-state index contributed by atoms with van der Waals surface area (Å²) in [7, 11) is 0. The van der Waals surface area contributed by atoms with Gasteiger partial charge in [0.1, 0.15) is 5.75 Å². The largest absolute Gasteiger partial charge is 0.508 e. The Kier molecular flexibility index (Phi) is 4.46. The standard InChI is InChI=1S/C19H23NO2/c1-14(2)18-12-22-13-20(18)11-17-10-16(8-9-19(17)21)15-6-4-3-5-7-15/h3-10,14,18,21H,11-13H2,1-2H3/t18-/m1/s1. The van der Waals surface area contributed by atoms with Gasteiger partial charge in [-0.25, -0.2) is 0 Å². The number of aromatic hydroxyl groups is 1. The molecule has 3 heteroatoms. The van der Waals surface area contributed by atoms with Gasteiger partial charge in [0.2, 0.25) is 0 Å². The molecule has 0 unspecified atom stereocenters. The quantitative estimate of drug-likeness (QED) is 0.929. The molecule has 3 rings (SSSR count). The van der Waals surface area contributed by atoms with E-state index in [4.69, 9.17) is 4.74 Å². The molecule has 0 aromatic heterocycles. The maximum absolute atomic E-state index is 10.2. The molecular weight excluding hydrogens is 274 g/mol. The lowest BCUT2D eigenvalue weighted by atomic mass is 10.0. The predicted molar refractivity (Wildman–Crippen MR) is 88.5 cm³/mol. The van der Waals surface area contributed by atoms with E-state index < -0.39 is 0 Å². The zero-order chi connectivity index (χ0) is 15.5. The second-order valence-corrected chi connectivity index (χ2v) is 6.27. The van der Waals surface area contributed by atoms with Gasteiger partial charge in [0.15, 0.2) is 0 Å². The van der Waals surface area contributed by atoms with E-state index in [1.165, 1.54) is 5.56 Å². The fraction of sp³-hybridized carbons (Fsp3) is 0.368. The summed E-state index contributed by atoms with van der Waals surface area (Å²) in [5, 5.41) is 10.2. The van der Waals surface area contributed by atoms with Crippen molar-refractivity contribution in [2.24, 2.45) is 5.92 Å². The maximum Gasteiger partial charge on any atom is 0.120 e. The number of ether oxygens (including phenoxy) is 1. The Morgan fingerprint density at radius 2 is 1.91 bits per heavy atom. The summed E-state index contributed by atoms with van der Waals surface area (Å²) in [6.45, 7) is 6.56. The number of benzene rings is 2. The van der Waals surface area contributed by atoms with Crippen LogP contribution in [-0.4, -0.2) is 29.4 Å². The normalized spacial score (nSPS) is 19.0. The number of rotatable bonds is 4. The Morgan fingerprint density at radius 3 is 2.64 bits per heavy atom. The lowest BCUT2D eigenvalue weighted by Gasteiger charge is -2.25. The van der Waals surface area contributed by atoms with E-state index in [1.54, 1.807) is 6.07 Å². The van der Waals surface area contributed by atoms with E-state index in [0.29, 0.717) is 24.4 Å². The summed E-state index contributed by atoms with van der Waals surface area (Å²) < 4.78 is 5.60. The molecule has 2 aromatic carbocycles. The molecule has 1 N–H and O–H groups in total. The van der Waals surface area contributed by atoms with Crippen molar-refractivity contribution in [1.29, 1.82) is 0 Å². The van der Waals surface area contributed by atoms with Crippen LogP contribution in [0, 0.1) is 5.92 Å². The maximum atomic E-state index is 10.2. The van der Waals surface area contributed by atoms with Gasteiger partial charge in [-0.05, 0) is 29.2 Å². The van der Waals surface area contributed by atoms with Gasteiger partial charge in [0.05, 0.1) is 13.3 Å². The summed E-state index contributed by atoms with van der Waals surface area (Å²) >= 11 is 0. The highest BCUT2D eigenvalue weighted by atomic mass is 16.5. The highest BCUT2D eigenvalue weighted by molar-refractivity contribution is 5.65. The van der Waals surface area contributed by atoms with Crippen LogP contribution in [0.25, 0.3) is 11.1 Å². The van der Waals surface area contributed by atoms with Crippen molar-refractivity contribution in [3.8, 4) is 16.9 Å². The van der Waals surface area contributed by atoms with E-state index in [1.807, 2.05) is 24.3 Å². The summed E-state index contributed by atoms with van der Waals surface area (Å²) in [5.74, 6) is 0.899. The Hall–Kier alpha value is -1.84. The summed E-state index contributed by atoms with van der Waals surface area (Å²) in [4.78, 5) is 2.30. The van der Waals surface area contributed by atoms with Crippen molar-refractivity contribution >= 4 is 0 Å². The zero-order valence-electron chi connectivity index (χ0n) is 13.2. The highest BCUT2D eigenvalue weighted by Crippen LogP contribution is 2.29. The van der Waals surface area contributed by atoms with E-state index in [9.17, 15) is 5.11 Å². The van der Waals surface area contributed by atoms with Gasteiger partial charge >= 0.3 is 0 Å². The highest BCUT2D eigenvalue weighted by Gasteiger charge is 2.28. The second-order valence-electron chi connectivity index (χ2n) is 6.27. The lowest BCUT2D eigenvalue weighted by Crippen LogP contribution is -2.34. The van der Waals surface area contributed by atoms with Crippen LogP contribution in [0.5, 0.6) is 5.75 Å². The number of phenolic OH excluding ortho intramolecular Hbond substituents is 1. The monoisotopic (exact) mass is 297 g/mol. The van der Waals surface area contributed by atoms with Gasteiger partial charge in [-0.2, -0.15) is 0 Å². The van der Waals surface area contributed by atoms with E-state index in [2.05, 4.69) is 36.9 Å². The van der Waals surface area contributed by atoms with E-state index in [0.717, 1.165) is 24.3 Å². The average Bonchev–Trinajstić information content (AvgIpc) is 2.99. The van der Waals surface area contributed by atoms with Crippen molar-refractivity contribution in [1.82, 2.24) is 4.90 Å². The van der Waals surface area contributed by atoms with Crippen LogP contribution < -0.4 is 0 Å². The molecular formula is C19H23NO2. The summed E-state index contributed by atoms with van der Waals surface area (Å²) in [6.07, 6.45) is 0. The van der Waals surface area contributed by atoms with Gasteiger partial charge in [0, 0.05) is 18.2 Å². The zero-order valence-corrected chi connectivity index (χ0v) is 13.2. The third-order valence-corrected chi connectivity index (χ3v) is 4.34. The first kappa shape index (κ1) is 15.1. The molecule has 0 aliphatic carbocycles. The first-order chi connectivity index (χ1) is 10.6. The number of hydrogen-bond donors (Lipinski definition) is 1. The fourth-order valence-corrected chi connectivity index (χ4v) is 3.01. The first-order valence-corrected chi connectivity index (χ1v) is 7.84. The number of phenols is 1. The predicted octanol–water partition coefficient (Wildman–Crippen LogP) is 3.87. The molecule has 0 radical (unpaired) electrons. The van der Waals surface area contributed by atoms with E-state index in [-0.39, 0.29) is 0 Å². The molecule has 1 saturated heterocycles. The first-order valence-electron chi connectivity index (χ1n) is 7.84. The smallest absolute Gasteiger partial charge is 0.120 e. The van der Waals surface area contributed by atoms with Gasteiger partial charge in [-0.15, -0.1) is 0 Å². The van der Waals surface area contributed by atoms with Gasteiger partial charge in [0.25, 0.3) is 0 Å². The molecule has 1 fully saturated rings. The molecule has 0 saturated carbocycles. The van der Waals surface area contributed by atoms with Gasteiger partial charge in [-0.1, -0.05) is 50.2 Å². The molecule has 1 atom stereocenters. The van der Waals surface area contributed by atoms with Crippen LogP contribution in [0.2, 0.25) is 0 Å². The van der Waals surface area contributed by atoms with Gasteiger partial charge in [-0.3, -0.25) is 4.90 Å². The molecule has 2 aromatic rings. The van der Waals surface area contributed by atoms with Crippen LogP contribution in [0.1, 0.15) is 19.4 Å². The summed E-state index contributed by atoms with van der Waals surface area (Å²) in [5.41, 5.74) is 3.26. The minimum atomic E-state index is 0.356. The molecule has 1 aliphatic heterocycles. The Morgan fingerprint density at radius 1 is 1.14 bits per heavy atom. The topological polar surface area (TPSA) is 32.7 Å². The molecule has 3 nitrogen and oxygen atoms in total. The average molecular weight is 297 g/mol. The van der Waals surface area contributed by atoms with Crippen molar-refractivity contribution in [2.45, 2.75) is 26.4 Å². The van der Waals surface area contributed by atoms with Crippen LogP contribution in [-0.2, 0) is 11.3 Å². The van der Waals surface area contributed by atoms with Crippen LogP contribution >= 0.6 is 0 Å². The van der Waals surface area contributed by atoms with Crippen molar-refractivity contribution in [3.05, 3.63) is 54.1 Å². The Balaban J connectivity index is 1.84. The van der Waals surface area contributed by atoms with E-state index >= 15 is 0 Å². The van der Waals surface area contributed by atoms with Crippen molar-refractivity contribution in [3.63, 3.8) is 0 Å². The minimum Gasteiger partial charge on any atom is -0.508 e.